The van der Waals surface area contributed by atoms with Crippen molar-refractivity contribution in [1.29, 1.82) is 0 Å². The number of ether oxygens (including phenoxy) is 1. The molecule has 8 heteroatoms. The number of rotatable bonds is 3. The van der Waals surface area contributed by atoms with Crippen LogP contribution in [0.25, 0.3) is 0 Å². The minimum absolute atomic E-state index is 0. The van der Waals surface area contributed by atoms with Crippen LogP contribution in [0.2, 0.25) is 0 Å². The smallest absolute Gasteiger partial charge is 0.312 e. The molecule has 0 saturated carbocycles. The highest BCUT2D eigenvalue weighted by atomic mass is 35.5. The molecule has 0 aromatic carbocycles. The first-order valence-electron chi connectivity index (χ1n) is 6.84. The molecule has 0 aromatic heterocycles. The Kier molecular flexibility index (Phi) is 7.04. The number of nitrogens with one attached hydrogen (secondary N) is 2. The molecule has 4 N–H and O–H groups in total. The van der Waals surface area contributed by atoms with Crippen molar-refractivity contribution in [3.05, 3.63) is 0 Å². The number of carbonyl (C=O) groups is 2. The number of nitrogens with two attached hydrogens (primary N) is 1. The number of piperidine rings is 1. The van der Waals surface area contributed by atoms with E-state index in [0.717, 1.165) is 32.4 Å². The molecule has 2 rings (SSSR count). The van der Waals surface area contributed by atoms with Crippen LogP contribution in [-0.4, -0.2) is 61.8 Å². The van der Waals surface area contributed by atoms with Gasteiger partial charge in [0.05, 0.1) is 6.61 Å². The highest BCUT2D eigenvalue weighted by Crippen LogP contribution is 2.18. The molecule has 0 aliphatic carbocycles. The van der Waals surface area contributed by atoms with Crippen LogP contribution in [0.15, 0.2) is 0 Å². The highest BCUT2D eigenvalue weighted by Gasteiger charge is 2.32. The minimum Gasteiger partial charge on any atom is -0.366 e. The first-order chi connectivity index (χ1) is 9.18. The summed E-state index contributed by atoms with van der Waals surface area (Å²) in [5.41, 5.74) is 5.09. The van der Waals surface area contributed by atoms with E-state index in [1.165, 1.54) is 0 Å². The summed E-state index contributed by atoms with van der Waals surface area (Å²) >= 11 is 0. The van der Waals surface area contributed by atoms with Crippen LogP contribution in [0.4, 0.5) is 4.79 Å². The quantitative estimate of drug-likeness (QED) is 0.651. The van der Waals surface area contributed by atoms with Gasteiger partial charge in [0.1, 0.15) is 6.10 Å². The maximum Gasteiger partial charge on any atom is 0.312 e. The largest absolute Gasteiger partial charge is 0.366 e. The van der Waals surface area contributed by atoms with Gasteiger partial charge in [-0.1, -0.05) is 0 Å². The lowest BCUT2D eigenvalue weighted by Gasteiger charge is -2.38. The molecule has 2 aliphatic rings. The average molecular weight is 307 g/mol. The van der Waals surface area contributed by atoms with E-state index in [1.54, 1.807) is 0 Å². The van der Waals surface area contributed by atoms with Crippen LogP contribution < -0.4 is 16.4 Å². The van der Waals surface area contributed by atoms with Gasteiger partial charge in [-0.3, -0.25) is 4.79 Å². The number of carbonyl (C=O) groups excluding carboxylic acids is 2. The Morgan fingerprint density at radius 3 is 2.85 bits per heavy atom. The predicted octanol–water partition coefficient (Wildman–Crippen LogP) is -0.554. The van der Waals surface area contributed by atoms with Gasteiger partial charge in [0.25, 0.3) is 5.91 Å². The average Bonchev–Trinajstić information content (AvgIpc) is 2.45. The maximum atomic E-state index is 12.4. The molecule has 0 spiro atoms. The summed E-state index contributed by atoms with van der Waals surface area (Å²) in [6.45, 7) is 3.06. The van der Waals surface area contributed by atoms with E-state index in [-0.39, 0.29) is 24.4 Å². The molecule has 2 heterocycles. The summed E-state index contributed by atoms with van der Waals surface area (Å²) in [7, 11) is 0. The first kappa shape index (κ1) is 17.0. The standard InChI is InChI=1S/C12H22N4O3.ClH/c13-12(18)15-7-9-3-1-2-5-16(9)11(17)10-8-14-4-6-19-10;/h9-10,14H,1-8H2,(H3,13,15,18);1H. The van der Waals surface area contributed by atoms with Crippen LogP contribution in [0.3, 0.4) is 0 Å². The number of morpholine rings is 1. The summed E-state index contributed by atoms with van der Waals surface area (Å²) in [6.07, 6.45) is 2.56. The van der Waals surface area contributed by atoms with Gasteiger partial charge in [-0.25, -0.2) is 4.79 Å². The molecule has 2 atom stereocenters. The van der Waals surface area contributed by atoms with Gasteiger partial charge in [0.2, 0.25) is 0 Å². The monoisotopic (exact) mass is 306 g/mol. The van der Waals surface area contributed by atoms with E-state index in [2.05, 4.69) is 10.6 Å². The SMILES string of the molecule is Cl.NC(=O)NCC1CCCCN1C(=O)C1CNCCO1. The molecular weight excluding hydrogens is 284 g/mol. The maximum absolute atomic E-state index is 12.4. The van der Waals surface area contributed by atoms with Crippen LogP contribution in [-0.2, 0) is 9.53 Å². The predicted molar refractivity (Wildman–Crippen MR) is 76.8 cm³/mol. The molecule has 0 radical (unpaired) electrons. The fraction of sp³-hybridized carbons (Fsp3) is 0.833. The molecule has 20 heavy (non-hydrogen) atoms. The lowest BCUT2D eigenvalue weighted by Crippen LogP contribution is -2.56. The zero-order chi connectivity index (χ0) is 13.7. The van der Waals surface area contributed by atoms with E-state index in [4.69, 9.17) is 10.5 Å². The lowest BCUT2D eigenvalue weighted by atomic mass is 10.0. The van der Waals surface area contributed by atoms with Gasteiger partial charge in [-0.2, -0.15) is 0 Å². The van der Waals surface area contributed by atoms with Gasteiger partial charge in [-0.05, 0) is 19.3 Å². The van der Waals surface area contributed by atoms with E-state index in [0.29, 0.717) is 19.7 Å². The number of primary amides is 1. The minimum atomic E-state index is -0.548. The molecule has 116 valence electrons. The van der Waals surface area contributed by atoms with E-state index < -0.39 is 12.1 Å². The van der Waals surface area contributed by atoms with Gasteiger partial charge in [-0.15, -0.1) is 12.4 Å². The Bertz CT molecular complexity index is 337. The van der Waals surface area contributed by atoms with Crippen molar-refractivity contribution in [1.82, 2.24) is 15.5 Å². The van der Waals surface area contributed by atoms with Crippen molar-refractivity contribution in [3.63, 3.8) is 0 Å². The third-order valence-electron chi connectivity index (χ3n) is 3.63. The topological polar surface area (TPSA) is 96.7 Å². The van der Waals surface area contributed by atoms with Crippen molar-refractivity contribution in [3.8, 4) is 0 Å². The molecule has 3 amide bonds. The van der Waals surface area contributed by atoms with Crippen molar-refractivity contribution < 1.29 is 14.3 Å². The Morgan fingerprint density at radius 2 is 2.20 bits per heavy atom. The number of nitrogens with zero attached hydrogens (tertiary/aromatic N) is 1. The molecule has 0 bridgehead atoms. The van der Waals surface area contributed by atoms with Gasteiger partial charge in [0.15, 0.2) is 0 Å². The van der Waals surface area contributed by atoms with Crippen molar-refractivity contribution >= 4 is 24.3 Å². The number of hydrogen-bond donors (Lipinski definition) is 3. The Morgan fingerprint density at radius 1 is 1.40 bits per heavy atom. The summed E-state index contributed by atoms with van der Waals surface area (Å²) in [4.78, 5) is 25.0. The van der Waals surface area contributed by atoms with Crippen molar-refractivity contribution in [2.24, 2.45) is 5.73 Å². The van der Waals surface area contributed by atoms with Crippen LogP contribution in [0.1, 0.15) is 19.3 Å². The van der Waals surface area contributed by atoms with Gasteiger partial charge >= 0.3 is 6.03 Å². The Balaban J connectivity index is 0.00000200. The summed E-state index contributed by atoms with van der Waals surface area (Å²) in [5, 5.41) is 5.75. The highest BCUT2D eigenvalue weighted by molar-refractivity contribution is 5.85. The zero-order valence-electron chi connectivity index (χ0n) is 11.5. The summed E-state index contributed by atoms with van der Waals surface area (Å²) in [5.74, 6) is 0.0168. The number of urea groups is 1. The van der Waals surface area contributed by atoms with Crippen LogP contribution in [0, 0.1) is 0 Å². The number of likely N-dealkylation sites (tertiary alicyclic amines) is 1. The van der Waals surface area contributed by atoms with E-state index in [1.807, 2.05) is 4.90 Å². The zero-order valence-corrected chi connectivity index (χ0v) is 12.3. The van der Waals surface area contributed by atoms with Crippen molar-refractivity contribution in [2.75, 3.05) is 32.8 Å². The Hall–Kier alpha value is -1.05. The summed E-state index contributed by atoms with van der Waals surface area (Å²) < 4.78 is 5.50. The number of halogens is 1. The van der Waals surface area contributed by atoms with E-state index >= 15 is 0 Å². The molecule has 2 unspecified atom stereocenters. The van der Waals surface area contributed by atoms with Crippen LogP contribution >= 0.6 is 12.4 Å². The van der Waals surface area contributed by atoms with Gasteiger partial charge < -0.3 is 26.0 Å². The second-order valence-corrected chi connectivity index (χ2v) is 4.99. The first-order valence-corrected chi connectivity index (χ1v) is 6.84. The number of hydrogen-bond acceptors (Lipinski definition) is 4. The normalized spacial score (nSPS) is 26.5. The van der Waals surface area contributed by atoms with Gasteiger partial charge in [0, 0.05) is 32.2 Å². The van der Waals surface area contributed by atoms with Crippen molar-refractivity contribution in [2.45, 2.75) is 31.4 Å². The molecular formula is C12H23ClN4O3. The molecule has 2 aliphatic heterocycles. The second-order valence-electron chi connectivity index (χ2n) is 4.99. The lowest BCUT2D eigenvalue weighted by molar-refractivity contribution is -0.148. The van der Waals surface area contributed by atoms with E-state index in [9.17, 15) is 9.59 Å². The fourth-order valence-corrected chi connectivity index (χ4v) is 2.63. The van der Waals surface area contributed by atoms with Crippen LogP contribution in [0.5, 0.6) is 0 Å². The molecule has 2 fully saturated rings. The fourth-order valence-electron chi connectivity index (χ4n) is 2.63. The molecule has 2 saturated heterocycles. The molecule has 7 nitrogen and oxygen atoms in total. The Labute approximate surface area is 125 Å². The third kappa shape index (κ3) is 4.50. The summed E-state index contributed by atoms with van der Waals surface area (Å²) in [6, 6.07) is -0.521. The second kappa shape index (κ2) is 8.28. The number of amides is 3. The third-order valence-corrected chi connectivity index (χ3v) is 3.63. The molecule has 0 aromatic rings.